The van der Waals surface area contributed by atoms with E-state index in [1.54, 1.807) is 48.5 Å². The molecule has 6 nitrogen and oxygen atoms in total. The van der Waals surface area contributed by atoms with Crippen molar-refractivity contribution in [3.63, 3.8) is 0 Å². The molecule has 0 spiro atoms. The van der Waals surface area contributed by atoms with Crippen molar-refractivity contribution in [3.8, 4) is 11.1 Å². The molecule has 158 valence electrons. The Morgan fingerprint density at radius 3 is 2.28 bits per heavy atom. The van der Waals surface area contributed by atoms with Crippen molar-refractivity contribution in [3.05, 3.63) is 94.5 Å². The van der Waals surface area contributed by atoms with E-state index in [-0.39, 0.29) is 16.2 Å². The number of carbonyl (C=O) groups is 3. The molecule has 1 saturated heterocycles. The Morgan fingerprint density at radius 1 is 0.969 bits per heavy atom. The topological polar surface area (TPSA) is 86.7 Å². The van der Waals surface area contributed by atoms with Gasteiger partial charge in [-0.2, -0.15) is 0 Å². The van der Waals surface area contributed by atoms with Gasteiger partial charge in [0.2, 0.25) is 0 Å². The maximum atomic E-state index is 13.2. The van der Waals surface area contributed by atoms with Crippen molar-refractivity contribution in [1.82, 2.24) is 5.32 Å². The summed E-state index contributed by atoms with van der Waals surface area (Å²) >= 11 is 11.1. The number of benzene rings is 3. The summed E-state index contributed by atoms with van der Waals surface area (Å²) in [7, 11) is 0. The lowest BCUT2D eigenvalue weighted by Crippen LogP contribution is -2.54. The molecule has 0 atom stereocenters. The van der Waals surface area contributed by atoms with Gasteiger partial charge in [-0.05, 0) is 71.4 Å². The van der Waals surface area contributed by atoms with Gasteiger partial charge in [-0.1, -0.05) is 48.0 Å². The van der Waals surface area contributed by atoms with Crippen molar-refractivity contribution in [1.29, 1.82) is 0 Å². The largest absolute Gasteiger partial charge is 0.478 e. The van der Waals surface area contributed by atoms with Crippen molar-refractivity contribution in [2.24, 2.45) is 0 Å². The molecule has 32 heavy (non-hydrogen) atoms. The van der Waals surface area contributed by atoms with Crippen LogP contribution in [-0.4, -0.2) is 28.0 Å². The Kier molecular flexibility index (Phi) is 5.85. The number of hydrogen-bond donors (Lipinski definition) is 2. The fourth-order valence-electron chi connectivity index (χ4n) is 3.32. The van der Waals surface area contributed by atoms with Gasteiger partial charge in [0.1, 0.15) is 5.57 Å². The van der Waals surface area contributed by atoms with Gasteiger partial charge in [0.05, 0.1) is 11.3 Å². The standard InChI is InChI=1S/C24H15ClN2O4S/c25-17-9-11-18(12-10-17)27-22(29)20(21(28)26-24(27)32)13-16-3-1-2-4-19(16)14-5-7-15(8-6-14)23(30)31/h1-13H,(H,30,31)(H,26,28,32). The number of aromatic carboxylic acids is 1. The molecule has 0 aliphatic carbocycles. The number of carboxylic acids is 1. The minimum atomic E-state index is -1.02. The second kappa shape index (κ2) is 8.74. The van der Waals surface area contributed by atoms with Crippen molar-refractivity contribution in [2.75, 3.05) is 4.90 Å². The van der Waals surface area contributed by atoms with Gasteiger partial charge in [-0.25, -0.2) is 4.79 Å². The molecule has 1 aliphatic rings. The van der Waals surface area contributed by atoms with Crippen LogP contribution in [0.25, 0.3) is 17.2 Å². The normalized spacial score (nSPS) is 15.1. The highest BCUT2D eigenvalue weighted by atomic mass is 35.5. The maximum absolute atomic E-state index is 13.2. The van der Waals surface area contributed by atoms with Crippen LogP contribution >= 0.6 is 23.8 Å². The van der Waals surface area contributed by atoms with Crippen LogP contribution < -0.4 is 10.2 Å². The highest BCUT2D eigenvalue weighted by Gasteiger charge is 2.34. The number of anilines is 1. The summed E-state index contributed by atoms with van der Waals surface area (Å²) in [5.74, 6) is -2.17. The highest BCUT2D eigenvalue weighted by Crippen LogP contribution is 2.28. The Hall–Kier alpha value is -3.81. The van der Waals surface area contributed by atoms with Crippen LogP contribution in [0.3, 0.4) is 0 Å². The summed E-state index contributed by atoms with van der Waals surface area (Å²) < 4.78 is 0. The SMILES string of the molecule is O=C1NC(=S)N(c2ccc(Cl)cc2)C(=O)C1=Cc1ccccc1-c1ccc(C(=O)O)cc1. The number of carbonyl (C=O) groups excluding carboxylic acids is 2. The van der Waals surface area contributed by atoms with Crippen LogP contribution in [0.5, 0.6) is 0 Å². The maximum Gasteiger partial charge on any atom is 0.335 e. The lowest BCUT2D eigenvalue weighted by molar-refractivity contribution is -0.122. The summed E-state index contributed by atoms with van der Waals surface area (Å²) in [6.07, 6.45) is 1.50. The number of hydrogen-bond acceptors (Lipinski definition) is 4. The molecule has 0 aromatic heterocycles. The van der Waals surface area contributed by atoms with E-state index >= 15 is 0 Å². The molecule has 0 saturated carbocycles. The number of carboxylic acid groups (broad SMARTS) is 1. The first kappa shape index (κ1) is 21.4. The van der Waals surface area contributed by atoms with E-state index in [2.05, 4.69) is 5.32 Å². The smallest absolute Gasteiger partial charge is 0.335 e. The first-order chi connectivity index (χ1) is 15.3. The number of nitrogens with zero attached hydrogens (tertiary/aromatic N) is 1. The van der Waals surface area contributed by atoms with E-state index in [1.165, 1.54) is 23.1 Å². The third-order valence-corrected chi connectivity index (χ3v) is 5.43. The lowest BCUT2D eigenvalue weighted by atomic mass is 9.96. The molecule has 1 fully saturated rings. The van der Waals surface area contributed by atoms with Gasteiger partial charge >= 0.3 is 5.97 Å². The van der Waals surface area contributed by atoms with E-state index < -0.39 is 17.8 Å². The minimum absolute atomic E-state index is 0.0167. The predicted octanol–water partition coefficient (Wildman–Crippen LogP) is 4.54. The number of nitrogens with one attached hydrogen (secondary N) is 1. The molecule has 1 heterocycles. The second-order valence-corrected chi connectivity index (χ2v) is 7.73. The van der Waals surface area contributed by atoms with E-state index in [0.717, 1.165) is 11.1 Å². The lowest BCUT2D eigenvalue weighted by Gasteiger charge is -2.29. The van der Waals surface area contributed by atoms with E-state index in [1.807, 2.05) is 12.1 Å². The Balaban J connectivity index is 1.75. The Labute approximate surface area is 193 Å². The third kappa shape index (κ3) is 4.16. The summed E-state index contributed by atoms with van der Waals surface area (Å²) in [5.41, 5.74) is 2.67. The zero-order chi connectivity index (χ0) is 22.8. The average molecular weight is 463 g/mol. The number of rotatable bonds is 4. The molecule has 8 heteroatoms. The van der Waals surface area contributed by atoms with Crippen LogP contribution in [0, 0.1) is 0 Å². The van der Waals surface area contributed by atoms with Gasteiger partial charge < -0.3 is 5.11 Å². The number of amides is 2. The molecule has 1 aliphatic heterocycles. The average Bonchev–Trinajstić information content (AvgIpc) is 2.78. The van der Waals surface area contributed by atoms with Crippen molar-refractivity contribution < 1.29 is 19.5 Å². The Bertz CT molecular complexity index is 1280. The second-order valence-electron chi connectivity index (χ2n) is 6.90. The van der Waals surface area contributed by atoms with Gasteiger partial charge in [0.25, 0.3) is 11.8 Å². The van der Waals surface area contributed by atoms with Gasteiger partial charge in [-0.3, -0.25) is 19.8 Å². The van der Waals surface area contributed by atoms with Crippen LogP contribution in [0.1, 0.15) is 15.9 Å². The zero-order valence-corrected chi connectivity index (χ0v) is 18.0. The molecular formula is C24H15ClN2O4S. The summed E-state index contributed by atoms with van der Waals surface area (Å²) in [6, 6.07) is 20.1. The number of halogens is 1. The first-order valence-electron chi connectivity index (χ1n) is 9.45. The van der Waals surface area contributed by atoms with E-state index in [0.29, 0.717) is 16.3 Å². The Morgan fingerprint density at radius 2 is 1.62 bits per heavy atom. The van der Waals surface area contributed by atoms with E-state index in [9.17, 15) is 14.4 Å². The van der Waals surface area contributed by atoms with E-state index in [4.69, 9.17) is 28.9 Å². The molecular weight excluding hydrogens is 448 g/mol. The van der Waals surface area contributed by atoms with Gasteiger partial charge in [0.15, 0.2) is 5.11 Å². The molecule has 0 unspecified atom stereocenters. The zero-order valence-electron chi connectivity index (χ0n) is 16.4. The van der Waals surface area contributed by atoms with Crippen LogP contribution in [0.2, 0.25) is 5.02 Å². The summed E-state index contributed by atoms with van der Waals surface area (Å²) in [4.78, 5) is 38.2. The van der Waals surface area contributed by atoms with Crippen molar-refractivity contribution >= 4 is 58.5 Å². The molecule has 3 aromatic rings. The van der Waals surface area contributed by atoms with Crippen LogP contribution in [0.4, 0.5) is 5.69 Å². The third-order valence-electron chi connectivity index (χ3n) is 4.89. The molecule has 3 aromatic carbocycles. The molecule has 0 radical (unpaired) electrons. The fourth-order valence-corrected chi connectivity index (χ4v) is 3.72. The molecule has 2 N–H and O–H groups in total. The molecule has 2 amide bonds. The van der Waals surface area contributed by atoms with Gasteiger partial charge in [0, 0.05) is 5.02 Å². The monoisotopic (exact) mass is 462 g/mol. The van der Waals surface area contributed by atoms with Gasteiger partial charge in [-0.15, -0.1) is 0 Å². The van der Waals surface area contributed by atoms with Crippen molar-refractivity contribution in [2.45, 2.75) is 0 Å². The first-order valence-corrected chi connectivity index (χ1v) is 10.2. The summed E-state index contributed by atoms with van der Waals surface area (Å²) in [6.45, 7) is 0. The van der Waals surface area contributed by atoms with Crippen LogP contribution in [-0.2, 0) is 9.59 Å². The highest BCUT2D eigenvalue weighted by molar-refractivity contribution is 7.80. The molecule has 4 rings (SSSR count). The predicted molar refractivity (Wildman–Crippen MR) is 126 cm³/mol. The number of thiocarbonyl (C=S) groups is 1. The van der Waals surface area contributed by atoms with Crippen LogP contribution in [0.15, 0.2) is 78.4 Å². The fraction of sp³-hybridized carbons (Fsp3) is 0. The minimum Gasteiger partial charge on any atom is -0.478 e. The summed E-state index contributed by atoms with van der Waals surface area (Å²) in [5, 5.41) is 12.2. The molecule has 0 bridgehead atoms. The quantitative estimate of drug-likeness (QED) is 0.338.